The van der Waals surface area contributed by atoms with Crippen LogP contribution in [0.3, 0.4) is 0 Å². The molecule has 0 saturated carbocycles. The van der Waals surface area contributed by atoms with E-state index in [1.165, 1.54) is 55.3 Å². The zero-order valence-corrected chi connectivity index (χ0v) is 22.7. The molecule has 1 aromatic heterocycles. The van der Waals surface area contributed by atoms with Gasteiger partial charge in [-0.15, -0.1) is 0 Å². The summed E-state index contributed by atoms with van der Waals surface area (Å²) in [5.41, 5.74) is 6.17. The lowest BCUT2D eigenvalue weighted by molar-refractivity contribution is 0.0696. The molecule has 2 atom stereocenters. The van der Waals surface area contributed by atoms with Crippen LogP contribution in [0.1, 0.15) is 81.8 Å². The summed E-state index contributed by atoms with van der Waals surface area (Å²) in [5, 5.41) is 9.74. The van der Waals surface area contributed by atoms with Crippen molar-refractivity contribution < 1.29 is 14.7 Å². The first-order chi connectivity index (χ1) is 19.0. The van der Waals surface area contributed by atoms with Gasteiger partial charge in [0.2, 0.25) is 0 Å². The van der Waals surface area contributed by atoms with E-state index >= 15 is 0 Å². The van der Waals surface area contributed by atoms with E-state index in [9.17, 15) is 9.59 Å². The monoisotopic (exact) mass is 522 g/mol. The van der Waals surface area contributed by atoms with E-state index in [0.717, 1.165) is 35.5 Å². The second kappa shape index (κ2) is 12.4. The quantitative estimate of drug-likeness (QED) is 0.248. The van der Waals surface area contributed by atoms with Crippen molar-refractivity contribution in [3.63, 3.8) is 0 Å². The summed E-state index contributed by atoms with van der Waals surface area (Å²) >= 11 is 0. The van der Waals surface area contributed by atoms with E-state index in [2.05, 4.69) is 52.5 Å². The van der Waals surface area contributed by atoms with E-state index in [1.807, 2.05) is 19.1 Å². The van der Waals surface area contributed by atoms with Crippen LogP contribution < -0.4 is 0 Å². The number of hydrogen-bond acceptors (Lipinski definition) is 3. The van der Waals surface area contributed by atoms with Gasteiger partial charge in [-0.3, -0.25) is 4.79 Å². The smallest absolute Gasteiger partial charge is 0.335 e. The Kier molecular flexibility index (Phi) is 8.58. The van der Waals surface area contributed by atoms with Crippen LogP contribution in [-0.4, -0.2) is 45.9 Å². The van der Waals surface area contributed by atoms with Crippen molar-refractivity contribution in [2.45, 2.75) is 63.8 Å². The topological polar surface area (TPSA) is 73.4 Å². The predicted octanol–water partition coefficient (Wildman–Crippen LogP) is 7.41. The van der Waals surface area contributed by atoms with E-state index in [4.69, 9.17) is 5.11 Å². The van der Waals surface area contributed by atoms with Crippen molar-refractivity contribution in [3.8, 4) is 0 Å². The number of Topliss-reactive ketones (excluding diaryl/α,β-unsaturated/α-hetero) is 1. The number of aromatic carboxylic acids is 1. The molecule has 5 nitrogen and oxygen atoms in total. The molecule has 2 saturated heterocycles. The number of carbonyl (C=O) groups is 2. The third-order valence-corrected chi connectivity index (χ3v) is 8.31. The highest BCUT2D eigenvalue weighted by molar-refractivity contribution is 6.00. The van der Waals surface area contributed by atoms with Gasteiger partial charge in [0.25, 0.3) is 0 Å². The van der Waals surface area contributed by atoms with Gasteiger partial charge >= 0.3 is 5.97 Å². The van der Waals surface area contributed by atoms with Crippen molar-refractivity contribution in [3.05, 3.63) is 107 Å². The number of carboxylic acid groups (broad SMARTS) is 1. The Bertz CT molecular complexity index is 1410. The van der Waals surface area contributed by atoms with E-state index in [1.54, 1.807) is 24.3 Å². The fourth-order valence-corrected chi connectivity index (χ4v) is 6.10. The summed E-state index contributed by atoms with van der Waals surface area (Å²) in [6.07, 6.45) is 9.88. The Morgan fingerprint density at radius 2 is 1.72 bits per heavy atom. The Hall–Kier alpha value is -3.70. The molecule has 2 fully saturated rings. The second-order valence-electron chi connectivity index (χ2n) is 11.0. The molecule has 0 amide bonds. The molecule has 5 heteroatoms. The van der Waals surface area contributed by atoms with Crippen LogP contribution in [0, 0.1) is 6.92 Å². The zero-order valence-electron chi connectivity index (χ0n) is 22.7. The minimum atomic E-state index is -0.875. The van der Waals surface area contributed by atoms with Crippen molar-refractivity contribution >= 4 is 22.7 Å². The van der Waals surface area contributed by atoms with Gasteiger partial charge in [-0.25, -0.2) is 4.79 Å². The molecular formula is C34H38N2O3. The molecule has 0 spiro atoms. The first-order valence-corrected chi connectivity index (χ1v) is 14.2. The first-order valence-electron chi connectivity index (χ1n) is 14.2. The fourth-order valence-electron chi connectivity index (χ4n) is 6.10. The fraction of sp³-hybridized carbons (Fsp3) is 0.353. The van der Waals surface area contributed by atoms with Gasteiger partial charge < -0.3 is 15.0 Å². The zero-order chi connectivity index (χ0) is 27.2. The molecule has 0 bridgehead atoms. The number of aromatic nitrogens is 1. The van der Waals surface area contributed by atoms with E-state index < -0.39 is 5.97 Å². The van der Waals surface area contributed by atoms with Crippen LogP contribution in [0.2, 0.25) is 0 Å². The summed E-state index contributed by atoms with van der Waals surface area (Å²) in [5.74, 6) is 0.00660. The molecule has 0 aliphatic carbocycles. The average molecular weight is 523 g/mol. The number of carboxylic acids is 1. The maximum Gasteiger partial charge on any atom is 0.335 e. The maximum atomic E-state index is 12.8. The Balaban J connectivity index is 0.000000261. The van der Waals surface area contributed by atoms with Gasteiger partial charge in [-0.2, -0.15) is 0 Å². The minimum absolute atomic E-state index is 0.264. The van der Waals surface area contributed by atoms with Gasteiger partial charge in [-0.1, -0.05) is 48.0 Å². The molecule has 4 aromatic rings. The summed E-state index contributed by atoms with van der Waals surface area (Å²) in [6.45, 7) is 4.43. The molecule has 202 valence electrons. The molecular weight excluding hydrogens is 484 g/mol. The number of H-pyrrole nitrogens is 1. The number of benzene rings is 3. The van der Waals surface area contributed by atoms with E-state index in [-0.39, 0.29) is 5.78 Å². The summed E-state index contributed by atoms with van der Waals surface area (Å²) in [4.78, 5) is 29.3. The van der Waals surface area contributed by atoms with Crippen LogP contribution in [0.15, 0.2) is 79.0 Å². The highest BCUT2D eigenvalue weighted by Crippen LogP contribution is 2.39. The maximum absolute atomic E-state index is 12.8. The van der Waals surface area contributed by atoms with Crippen LogP contribution >= 0.6 is 0 Å². The molecule has 2 unspecified atom stereocenters. The third-order valence-electron chi connectivity index (χ3n) is 8.31. The highest BCUT2D eigenvalue weighted by atomic mass is 16.4. The van der Waals surface area contributed by atoms with Crippen molar-refractivity contribution in [1.29, 1.82) is 0 Å². The molecule has 2 aliphatic rings. The van der Waals surface area contributed by atoms with Gasteiger partial charge in [-0.05, 0) is 106 Å². The molecule has 2 aliphatic heterocycles. The van der Waals surface area contributed by atoms with Crippen molar-refractivity contribution in [2.24, 2.45) is 0 Å². The van der Waals surface area contributed by atoms with Gasteiger partial charge in [0.15, 0.2) is 5.78 Å². The number of aromatic amines is 1. The number of carbonyl (C=O) groups excluding carboxylic acids is 1. The standard InChI is InChI=1S/C26H30N2O.C8H8O2/c29-26(10-4-8-19-6-2-1-3-7-19)21-11-12-25-23(17-21)24(18-27-25)20-13-15-28-14-5-9-22(28)16-20;1-6-2-4-7(5-3-6)8(9)10/h1-3,6-7,11-12,17-18,20,22,27H,4-5,8-10,13-16H2;2-5H,1H3,(H,9,10). The van der Waals surface area contributed by atoms with Crippen LogP contribution in [-0.2, 0) is 6.42 Å². The predicted molar refractivity (Wildman–Crippen MR) is 157 cm³/mol. The molecule has 3 aromatic carbocycles. The second-order valence-corrected chi connectivity index (χ2v) is 11.0. The summed E-state index contributed by atoms with van der Waals surface area (Å²) in [7, 11) is 0. The van der Waals surface area contributed by atoms with Gasteiger partial charge in [0.05, 0.1) is 5.56 Å². The lowest BCUT2D eigenvalue weighted by atomic mass is 9.85. The lowest BCUT2D eigenvalue weighted by Gasteiger charge is -2.34. The van der Waals surface area contributed by atoms with Crippen LogP contribution in [0.4, 0.5) is 0 Å². The van der Waals surface area contributed by atoms with E-state index in [0.29, 0.717) is 17.9 Å². The Labute approximate surface area is 230 Å². The molecule has 2 N–H and O–H groups in total. The van der Waals surface area contributed by atoms with Crippen LogP contribution in [0.5, 0.6) is 0 Å². The third kappa shape index (κ3) is 6.66. The SMILES string of the molecule is Cc1ccc(C(=O)O)cc1.O=C(CCCc1ccccc1)c1ccc2[nH]cc(C3CCN4CCCC4C3)c2c1. The summed E-state index contributed by atoms with van der Waals surface area (Å²) in [6, 6.07) is 24.2. The van der Waals surface area contributed by atoms with Crippen LogP contribution in [0.25, 0.3) is 10.9 Å². The number of nitrogens with one attached hydrogen (secondary N) is 1. The van der Waals surface area contributed by atoms with Gasteiger partial charge in [0.1, 0.15) is 0 Å². The number of ketones is 1. The molecule has 39 heavy (non-hydrogen) atoms. The number of fused-ring (bicyclic) bond motifs is 2. The van der Waals surface area contributed by atoms with Crippen molar-refractivity contribution in [2.75, 3.05) is 13.1 Å². The number of hydrogen-bond donors (Lipinski definition) is 2. The average Bonchev–Trinajstić information content (AvgIpc) is 3.60. The minimum Gasteiger partial charge on any atom is -0.478 e. The number of aryl methyl sites for hydroxylation is 2. The molecule has 6 rings (SSSR count). The number of rotatable bonds is 7. The van der Waals surface area contributed by atoms with Crippen molar-refractivity contribution in [1.82, 2.24) is 9.88 Å². The first kappa shape index (κ1) is 26.9. The summed E-state index contributed by atoms with van der Waals surface area (Å²) < 4.78 is 0. The number of piperidine rings is 1. The number of nitrogens with zero attached hydrogens (tertiary/aromatic N) is 1. The molecule has 0 radical (unpaired) electrons. The Morgan fingerprint density at radius 1 is 0.949 bits per heavy atom. The largest absolute Gasteiger partial charge is 0.478 e. The normalized spacial score (nSPS) is 18.8. The van der Waals surface area contributed by atoms with Gasteiger partial charge in [0, 0.05) is 35.1 Å². The molecule has 3 heterocycles. The highest BCUT2D eigenvalue weighted by Gasteiger charge is 2.33. The Morgan fingerprint density at radius 3 is 2.49 bits per heavy atom. The lowest BCUT2D eigenvalue weighted by Crippen LogP contribution is -2.37.